The van der Waals surface area contributed by atoms with Crippen LogP contribution in [0, 0.1) is 0 Å². The van der Waals surface area contributed by atoms with E-state index >= 15 is 0 Å². The molecular formula is C19H23N3O3. The van der Waals surface area contributed by atoms with Crippen LogP contribution in [0.2, 0.25) is 0 Å². The summed E-state index contributed by atoms with van der Waals surface area (Å²) in [6.07, 6.45) is 2.48. The fraction of sp³-hybridized carbons (Fsp3) is 0.368. The maximum absolute atomic E-state index is 12.2. The molecule has 2 amide bonds. The average Bonchev–Trinajstić information content (AvgIpc) is 2.98. The van der Waals surface area contributed by atoms with Gasteiger partial charge >= 0.3 is 6.09 Å². The summed E-state index contributed by atoms with van der Waals surface area (Å²) in [5, 5.41) is 0.966. The van der Waals surface area contributed by atoms with Crippen molar-refractivity contribution < 1.29 is 14.3 Å². The Hall–Kier alpha value is -2.76. The first-order valence-corrected chi connectivity index (χ1v) is 8.33. The first-order chi connectivity index (χ1) is 11.7. The van der Waals surface area contributed by atoms with E-state index in [1.165, 1.54) is 0 Å². The van der Waals surface area contributed by atoms with Gasteiger partial charge in [-0.3, -0.25) is 4.79 Å². The molecular weight excluding hydrogens is 318 g/mol. The Kier molecular flexibility index (Phi) is 4.29. The lowest BCUT2D eigenvalue weighted by Gasteiger charge is -2.29. The van der Waals surface area contributed by atoms with Crippen molar-refractivity contribution in [1.82, 2.24) is 9.88 Å². The van der Waals surface area contributed by atoms with Gasteiger partial charge < -0.3 is 20.4 Å². The number of H-pyrrole nitrogens is 1. The lowest BCUT2D eigenvalue weighted by molar-refractivity contribution is 0.0270. The number of hydrogen-bond donors (Lipinski definition) is 2. The number of carbonyl (C=O) groups is 2. The maximum Gasteiger partial charge on any atom is 0.410 e. The molecule has 0 atom stereocenters. The largest absolute Gasteiger partial charge is 0.444 e. The number of aromatic nitrogens is 1. The number of fused-ring (bicyclic) bond motifs is 1. The number of amides is 2. The molecule has 0 aliphatic carbocycles. The minimum absolute atomic E-state index is 0.293. The van der Waals surface area contributed by atoms with Crippen LogP contribution in [0.5, 0.6) is 0 Å². The van der Waals surface area contributed by atoms with Crippen LogP contribution in [0.3, 0.4) is 0 Å². The van der Waals surface area contributed by atoms with Crippen LogP contribution >= 0.6 is 0 Å². The number of hydrogen-bond acceptors (Lipinski definition) is 3. The van der Waals surface area contributed by atoms with Crippen molar-refractivity contribution in [3.8, 4) is 0 Å². The summed E-state index contributed by atoms with van der Waals surface area (Å²) in [5.41, 5.74) is 8.36. The van der Waals surface area contributed by atoms with Crippen molar-refractivity contribution in [2.45, 2.75) is 32.8 Å². The van der Waals surface area contributed by atoms with Crippen LogP contribution in [0.1, 0.15) is 43.2 Å². The maximum atomic E-state index is 12.2. The van der Waals surface area contributed by atoms with E-state index in [0.717, 1.165) is 28.5 Å². The van der Waals surface area contributed by atoms with Crippen molar-refractivity contribution in [2.75, 3.05) is 13.1 Å². The standard InChI is InChI=1S/C19H23N3O3/c1-19(2,3)25-18(24)22-9-7-12(8-10-22)13-5-4-6-15-14(13)11-16(21-15)17(20)23/h4-7,11,21H,8-10H2,1-3H3,(H2,20,23). The predicted molar refractivity (Wildman–Crippen MR) is 97.2 cm³/mol. The van der Waals surface area contributed by atoms with Gasteiger partial charge in [0.25, 0.3) is 5.91 Å². The van der Waals surface area contributed by atoms with Crippen molar-refractivity contribution in [1.29, 1.82) is 0 Å². The molecule has 1 aromatic heterocycles. The van der Waals surface area contributed by atoms with Crippen LogP contribution < -0.4 is 5.73 Å². The highest BCUT2D eigenvalue weighted by Gasteiger charge is 2.24. The molecule has 25 heavy (non-hydrogen) atoms. The van der Waals surface area contributed by atoms with Gasteiger partial charge in [-0.05, 0) is 50.5 Å². The SMILES string of the molecule is CC(C)(C)OC(=O)N1CC=C(c2cccc3[nH]c(C(N)=O)cc23)CC1. The molecule has 0 unspecified atom stereocenters. The number of carbonyl (C=O) groups excluding carboxylic acids is 2. The number of benzene rings is 1. The fourth-order valence-corrected chi connectivity index (χ4v) is 2.97. The lowest BCUT2D eigenvalue weighted by atomic mass is 9.96. The summed E-state index contributed by atoms with van der Waals surface area (Å²) < 4.78 is 5.42. The predicted octanol–water partition coefficient (Wildman–Crippen LogP) is 3.29. The molecule has 2 aromatic rings. The first-order valence-electron chi connectivity index (χ1n) is 8.33. The zero-order valence-corrected chi connectivity index (χ0v) is 14.8. The van der Waals surface area contributed by atoms with Crippen molar-refractivity contribution in [3.05, 3.63) is 41.6 Å². The van der Waals surface area contributed by atoms with Gasteiger partial charge in [-0.15, -0.1) is 0 Å². The summed E-state index contributed by atoms with van der Waals surface area (Å²) >= 11 is 0. The highest BCUT2D eigenvalue weighted by molar-refractivity contribution is 6.00. The molecule has 6 nitrogen and oxygen atoms in total. The topological polar surface area (TPSA) is 88.4 Å². The second-order valence-electron chi connectivity index (χ2n) is 7.22. The monoisotopic (exact) mass is 341 g/mol. The highest BCUT2D eigenvalue weighted by atomic mass is 16.6. The Balaban J connectivity index is 1.83. The van der Waals surface area contributed by atoms with Crippen molar-refractivity contribution >= 4 is 28.5 Å². The molecule has 2 heterocycles. The van der Waals surface area contributed by atoms with Gasteiger partial charge in [0.1, 0.15) is 11.3 Å². The summed E-state index contributed by atoms with van der Waals surface area (Å²) in [6, 6.07) is 7.67. The van der Waals surface area contributed by atoms with Gasteiger partial charge in [-0.25, -0.2) is 4.79 Å². The third kappa shape index (κ3) is 3.68. The van der Waals surface area contributed by atoms with Crippen molar-refractivity contribution in [2.24, 2.45) is 5.73 Å². The fourth-order valence-electron chi connectivity index (χ4n) is 2.97. The number of rotatable bonds is 2. The van der Waals surface area contributed by atoms with Crippen LogP contribution in [0.25, 0.3) is 16.5 Å². The minimum atomic E-state index is -0.497. The summed E-state index contributed by atoms with van der Waals surface area (Å²) in [4.78, 5) is 28.3. The van der Waals surface area contributed by atoms with E-state index in [9.17, 15) is 9.59 Å². The van der Waals surface area contributed by atoms with E-state index in [1.807, 2.05) is 45.0 Å². The van der Waals surface area contributed by atoms with Crippen molar-refractivity contribution in [3.63, 3.8) is 0 Å². The number of nitrogens with one attached hydrogen (secondary N) is 1. The van der Waals surface area contributed by atoms with E-state index in [1.54, 1.807) is 11.0 Å². The van der Waals surface area contributed by atoms with E-state index in [0.29, 0.717) is 18.8 Å². The molecule has 0 radical (unpaired) electrons. The second-order valence-corrected chi connectivity index (χ2v) is 7.22. The molecule has 0 bridgehead atoms. The summed E-state index contributed by atoms with van der Waals surface area (Å²) in [7, 11) is 0. The van der Waals surface area contributed by atoms with E-state index in [4.69, 9.17) is 10.5 Å². The quantitative estimate of drug-likeness (QED) is 0.878. The smallest absolute Gasteiger partial charge is 0.410 e. The van der Waals surface area contributed by atoms with Crippen LogP contribution in [-0.4, -0.2) is 40.6 Å². The van der Waals surface area contributed by atoms with Gasteiger partial charge in [0.2, 0.25) is 0 Å². The summed E-state index contributed by atoms with van der Waals surface area (Å²) in [5.74, 6) is -0.476. The molecule has 0 saturated carbocycles. The third-order valence-electron chi connectivity index (χ3n) is 4.14. The van der Waals surface area contributed by atoms with Crippen LogP contribution in [0.4, 0.5) is 4.79 Å². The number of nitrogens with zero attached hydrogens (tertiary/aromatic N) is 1. The molecule has 0 saturated heterocycles. The molecule has 0 fully saturated rings. The molecule has 0 spiro atoms. The number of primary amides is 1. The van der Waals surface area contributed by atoms with Gasteiger partial charge in [0.15, 0.2) is 0 Å². The Morgan fingerprint density at radius 2 is 2.04 bits per heavy atom. The molecule has 1 aliphatic rings. The molecule has 3 N–H and O–H groups in total. The molecule has 3 rings (SSSR count). The Morgan fingerprint density at radius 1 is 1.28 bits per heavy atom. The van der Waals surface area contributed by atoms with Gasteiger partial charge in [0, 0.05) is 24.0 Å². The lowest BCUT2D eigenvalue weighted by Crippen LogP contribution is -2.39. The van der Waals surface area contributed by atoms with Crippen LogP contribution in [0.15, 0.2) is 30.3 Å². The second kappa shape index (κ2) is 6.27. The Bertz CT molecular complexity index is 858. The summed E-state index contributed by atoms with van der Waals surface area (Å²) in [6.45, 7) is 6.69. The number of nitrogens with two attached hydrogens (primary N) is 1. The highest BCUT2D eigenvalue weighted by Crippen LogP contribution is 2.30. The number of ether oxygens (including phenoxy) is 1. The van der Waals surface area contributed by atoms with Crippen LogP contribution in [-0.2, 0) is 4.74 Å². The van der Waals surface area contributed by atoms with E-state index < -0.39 is 11.5 Å². The first kappa shape index (κ1) is 17.1. The molecule has 132 valence electrons. The van der Waals surface area contributed by atoms with Gasteiger partial charge in [-0.1, -0.05) is 18.2 Å². The zero-order valence-electron chi connectivity index (χ0n) is 14.8. The Morgan fingerprint density at radius 3 is 2.64 bits per heavy atom. The van der Waals surface area contributed by atoms with E-state index in [2.05, 4.69) is 4.98 Å². The molecule has 1 aliphatic heterocycles. The third-order valence-corrected chi connectivity index (χ3v) is 4.14. The Labute approximate surface area is 146 Å². The van der Waals surface area contributed by atoms with Gasteiger partial charge in [0.05, 0.1) is 0 Å². The minimum Gasteiger partial charge on any atom is -0.444 e. The molecule has 6 heteroatoms. The van der Waals surface area contributed by atoms with Gasteiger partial charge in [-0.2, -0.15) is 0 Å². The number of aromatic amines is 1. The zero-order chi connectivity index (χ0) is 18.2. The van der Waals surface area contributed by atoms with E-state index in [-0.39, 0.29) is 6.09 Å². The normalized spacial score (nSPS) is 15.2. The average molecular weight is 341 g/mol. The molecule has 1 aromatic carbocycles.